The molecule has 3 atom stereocenters. The Morgan fingerprint density at radius 2 is 2.10 bits per heavy atom. The number of alkyl halides is 3. The lowest BCUT2D eigenvalue weighted by molar-refractivity contribution is -0.142. The van der Waals surface area contributed by atoms with Gasteiger partial charge in [0.05, 0.1) is 16.3 Å². The molecule has 1 saturated carbocycles. The average Bonchev–Trinajstić information content (AvgIpc) is 3.13. The van der Waals surface area contributed by atoms with Crippen molar-refractivity contribution in [2.75, 3.05) is 13.1 Å². The fourth-order valence-corrected chi connectivity index (χ4v) is 4.95. The highest BCUT2D eigenvalue weighted by atomic mass is 32.1. The molecular weight excluding hydrogens is 413 g/mol. The molecule has 4 heterocycles. The fraction of sp³-hybridized carbons (Fsp3) is 0.476. The van der Waals surface area contributed by atoms with E-state index in [1.807, 2.05) is 10.3 Å². The van der Waals surface area contributed by atoms with Crippen LogP contribution in [0, 0.1) is 11.8 Å². The number of carbonyl (C=O) groups is 1. The summed E-state index contributed by atoms with van der Waals surface area (Å²) in [5.41, 5.74) is 0.206. The highest BCUT2D eigenvalue weighted by Gasteiger charge is 2.42. The Hall–Kier alpha value is -2.42. The van der Waals surface area contributed by atoms with E-state index in [9.17, 15) is 18.0 Å². The molecule has 5 rings (SSSR count). The molecule has 0 N–H and O–H groups in total. The summed E-state index contributed by atoms with van der Waals surface area (Å²) in [7, 11) is 0. The number of likely N-dealkylation sites (tertiary alicyclic amines) is 1. The van der Waals surface area contributed by atoms with Gasteiger partial charge in [-0.3, -0.25) is 4.79 Å². The number of amides is 1. The molecule has 2 fully saturated rings. The first kappa shape index (κ1) is 19.5. The van der Waals surface area contributed by atoms with Crippen LogP contribution in [0.25, 0.3) is 16.2 Å². The summed E-state index contributed by atoms with van der Waals surface area (Å²) in [6, 6.07) is 6.24. The number of carbonyl (C=O) groups excluding carboxylic acids is 1. The first-order chi connectivity index (χ1) is 14.3. The second-order valence-corrected chi connectivity index (χ2v) is 9.23. The van der Waals surface area contributed by atoms with Crippen LogP contribution in [0.5, 0.6) is 0 Å². The Labute approximate surface area is 175 Å². The van der Waals surface area contributed by atoms with Crippen LogP contribution in [0.3, 0.4) is 0 Å². The number of fused-ring (bicyclic) bond motifs is 1. The van der Waals surface area contributed by atoms with Gasteiger partial charge in [0.15, 0.2) is 11.3 Å². The smallest absolute Gasteiger partial charge is 0.342 e. The Bertz CT molecular complexity index is 1090. The minimum absolute atomic E-state index is 0.0790. The van der Waals surface area contributed by atoms with E-state index >= 15 is 0 Å². The largest absolute Gasteiger partial charge is 0.433 e. The fourth-order valence-electron chi connectivity index (χ4n) is 4.26. The third-order valence-corrected chi connectivity index (χ3v) is 6.98. The number of piperidine rings is 1. The summed E-state index contributed by atoms with van der Waals surface area (Å²) in [5, 5.41) is 6.10. The molecule has 1 aliphatic carbocycles. The maximum Gasteiger partial charge on any atom is 0.433 e. The molecule has 30 heavy (non-hydrogen) atoms. The van der Waals surface area contributed by atoms with Crippen LogP contribution in [0.1, 0.15) is 43.5 Å². The van der Waals surface area contributed by atoms with E-state index in [-0.39, 0.29) is 23.4 Å². The van der Waals surface area contributed by atoms with E-state index < -0.39 is 11.9 Å². The van der Waals surface area contributed by atoms with Crippen LogP contribution in [-0.4, -0.2) is 38.5 Å². The van der Waals surface area contributed by atoms with E-state index in [1.165, 1.54) is 11.3 Å². The summed E-state index contributed by atoms with van der Waals surface area (Å²) >= 11 is 1.35. The molecule has 3 aromatic heterocycles. The zero-order valence-electron chi connectivity index (χ0n) is 16.4. The number of rotatable bonds is 3. The summed E-state index contributed by atoms with van der Waals surface area (Å²) < 4.78 is 42.2. The monoisotopic (exact) mass is 434 g/mol. The first-order valence-electron chi connectivity index (χ1n) is 10.1. The molecule has 2 aliphatic rings. The van der Waals surface area contributed by atoms with Gasteiger partial charge in [0, 0.05) is 31.0 Å². The van der Waals surface area contributed by atoms with Gasteiger partial charge in [-0.15, -0.1) is 11.3 Å². The van der Waals surface area contributed by atoms with Crippen molar-refractivity contribution in [2.24, 2.45) is 11.8 Å². The Kier molecular flexibility index (Phi) is 4.61. The van der Waals surface area contributed by atoms with Crippen LogP contribution >= 0.6 is 11.3 Å². The number of hydrogen-bond acceptors (Lipinski definition) is 4. The highest BCUT2D eigenvalue weighted by molar-refractivity contribution is 7.13. The van der Waals surface area contributed by atoms with Crippen molar-refractivity contribution in [1.82, 2.24) is 19.5 Å². The minimum Gasteiger partial charge on any atom is -0.342 e. The standard InChI is InChI=1S/C21H21F3N4OS/c1-12-8-14(12)20(29)27-6-2-4-13(11-27)15-10-19-25-16(17-5-3-7-30-17)9-18(21(22,23)24)28(19)26-15/h3,5,7,9-10,12-14H,2,4,6,8,11H2,1H3/t12-,13-,14+/m1/s1. The highest BCUT2D eigenvalue weighted by Crippen LogP contribution is 2.41. The van der Waals surface area contributed by atoms with Crippen molar-refractivity contribution in [3.05, 3.63) is 41.0 Å². The summed E-state index contributed by atoms with van der Waals surface area (Å²) in [6.45, 7) is 3.28. The molecule has 1 amide bonds. The number of halogens is 3. The maximum atomic E-state index is 13.8. The molecule has 0 spiro atoms. The number of hydrogen-bond donors (Lipinski definition) is 0. The van der Waals surface area contributed by atoms with Crippen molar-refractivity contribution < 1.29 is 18.0 Å². The van der Waals surface area contributed by atoms with Gasteiger partial charge in [-0.05, 0) is 42.7 Å². The lowest BCUT2D eigenvalue weighted by Gasteiger charge is -2.32. The molecule has 3 aromatic rings. The summed E-state index contributed by atoms with van der Waals surface area (Å²) in [5.74, 6) is 0.633. The molecule has 0 bridgehead atoms. The number of aromatic nitrogens is 3. The third-order valence-electron chi connectivity index (χ3n) is 6.09. The molecule has 0 unspecified atom stereocenters. The van der Waals surface area contributed by atoms with Crippen LogP contribution in [0.4, 0.5) is 13.2 Å². The van der Waals surface area contributed by atoms with Gasteiger partial charge >= 0.3 is 6.18 Å². The van der Waals surface area contributed by atoms with Gasteiger partial charge in [0.2, 0.25) is 5.91 Å². The molecule has 0 aromatic carbocycles. The Balaban J connectivity index is 1.50. The zero-order valence-corrected chi connectivity index (χ0v) is 17.2. The molecule has 0 radical (unpaired) electrons. The Morgan fingerprint density at radius 3 is 2.77 bits per heavy atom. The van der Waals surface area contributed by atoms with Crippen molar-refractivity contribution >= 4 is 22.9 Å². The molecule has 9 heteroatoms. The van der Waals surface area contributed by atoms with Crippen molar-refractivity contribution in [3.63, 3.8) is 0 Å². The third kappa shape index (κ3) is 3.49. The average molecular weight is 434 g/mol. The van der Waals surface area contributed by atoms with E-state index in [0.29, 0.717) is 35.3 Å². The molecule has 5 nitrogen and oxygen atoms in total. The Morgan fingerprint density at radius 1 is 1.30 bits per heavy atom. The van der Waals surface area contributed by atoms with Gasteiger partial charge in [0.25, 0.3) is 0 Å². The number of nitrogens with zero attached hydrogens (tertiary/aromatic N) is 4. The van der Waals surface area contributed by atoms with Gasteiger partial charge in [-0.1, -0.05) is 13.0 Å². The van der Waals surface area contributed by atoms with Crippen molar-refractivity contribution in [2.45, 2.75) is 38.3 Å². The van der Waals surface area contributed by atoms with Crippen LogP contribution < -0.4 is 0 Å². The normalized spacial score (nSPS) is 24.4. The van der Waals surface area contributed by atoms with Crippen molar-refractivity contribution in [3.8, 4) is 10.6 Å². The van der Waals surface area contributed by atoms with E-state index in [2.05, 4.69) is 17.0 Å². The predicted molar refractivity (Wildman–Crippen MR) is 107 cm³/mol. The molecule has 1 aliphatic heterocycles. The van der Waals surface area contributed by atoms with Crippen LogP contribution in [0.15, 0.2) is 29.6 Å². The zero-order chi connectivity index (χ0) is 21.0. The number of thiophene rings is 1. The van der Waals surface area contributed by atoms with Gasteiger partial charge < -0.3 is 4.90 Å². The van der Waals surface area contributed by atoms with E-state index in [0.717, 1.165) is 29.8 Å². The van der Waals surface area contributed by atoms with E-state index in [4.69, 9.17) is 0 Å². The maximum absolute atomic E-state index is 13.8. The topological polar surface area (TPSA) is 50.5 Å². The second-order valence-electron chi connectivity index (χ2n) is 8.28. The molecule has 1 saturated heterocycles. The van der Waals surface area contributed by atoms with Gasteiger partial charge in [-0.25, -0.2) is 9.50 Å². The SMILES string of the molecule is C[C@@H]1C[C@@H]1C(=O)N1CCC[C@@H](c2cc3nc(-c4cccs4)cc(C(F)(F)F)n3n2)C1. The first-order valence-corrected chi connectivity index (χ1v) is 11.0. The van der Waals surface area contributed by atoms with Crippen molar-refractivity contribution in [1.29, 1.82) is 0 Å². The quantitative estimate of drug-likeness (QED) is 0.593. The summed E-state index contributed by atoms with van der Waals surface area (Å²) in [6.07, 6.45) is -2.00. The molecular formula is C21H21F3N4OS. The molecule has 158 valence electrons. The van der Waals surface area contributed by atoms with Gasteiger partial charge in [0.1, 0.15) is 0 Å². The lowest BCUT2D eigenvalue weighted by atomic mass is 9.94. The summed E-state index contributed by atoms with van der Waals surface area (Å²) in [4.78, 5) is 19.6. The predicted octanol–water partition coefficient (Wildman–Crippen LogP) is 4.84. The van der Waals surface area contributed by atoms with Gasteiger partial charge in [-0.2, -0.15) is 18.3 Å². The van der Waals surface area contributed by atoms with Crippen LogP contribution in [0.2, 0.25) is 0 Å². The minimum atomic E-state index is -4.55. The van der Waals surface area contributed by atoms with Crippen LogP contribution in [-0.2, 0) is 11.0 Å². The lowest BCUT2D eigenvalue weighted by Crippen LogP contribution is -2.40. The van der Waals surface area contributed by atoms with E-state index in [1.54, 1.807) is 18.2 Å². The second kappa shape index (κ2) is 7.08.